The van der Waals surface area contributed by atoms with Crippen LogP contribution in [0.25, 0.3) is 0 Å². The van der Waals surface area contributed by atoms with Gasteiger partial charge in [-0.1, -0.05) is 13.0 Å². The molecule has 0 unspecified atom stereocenters. The van der Waals surface area contributed by atoms with Gasteiger partial charge in [-0.05, 0) is 55.3 Å². The van der Waals surface area contributed by atoms with E-state index in [9.17, 15) is 18.0 Å². The van der Waals surface area contributed by atoms with E-state index in [0.717, 1.165) is 12.8 Å². The van der Waals surface area contributed by atoms with E-state index >= 15 is 0 Å². The van der Waals surface area contributed by atoms with Crippen LogP contribution in [0, 0.1) is 5.92 Å². The summed E-state index contributed by atoms with van der Waals surface area (Å²) in [7, 11) is -3.55. The van der Waals surface area contributed by atoms with Gasteiger partial charge >= 0.3 is 0 Å². The van der Waals surface area contributed by atoms with Crippen LogP contribution < -0.4 is 15.4 Å². The molecule has 2 amide bonds. The van der Waals surface area contributed by atoms with Gasteiger partial charge in [-0.15, -0.1) is 0 Å². The number of hydrogen-bond acceptors (Lipinski definition) is 4. The van der Waals surface area contributed by atoms with Crippen molar-refractivity contribution in [2.75, 3.05) is 17.2 Å². The highest BCUT2D eigenvalue weighted by atomic mass is 32.2. The van der Waals surface area contributed by atoms with E-state index in [0.29, 0.717) is 16.9 Å². The van der Waals surface area contributed by atoms with Crippen LogP contribution in [0.15, 0.2) is 53.4 Å². The average Bonchev–Trinajstić information content (AvgIpc) is 3.47. The van der Waals surface area contributed by atoms with E-state index in [-0.39, 0.29) is 29.2 Å². The van der Waals surface area contributed by atoms with Gasteiger partial charge in [0, 0.05) is 29.4 Å². The van der Waals surface area contributed by atoms with Crippen molar-refractivity contribution in [2.24, 2.45) is 5.92 Å². The zero-order valence-corrected chi connectivity index (χ0v) is 15.7. The fourth-order valence-corrected chi connectivity index (χ4v) is 3.57. The molecule has 8 heteroatoms. The number of amides is 2. The Morgan fingerprint density at radius 1 is 1.00 bits per heavy atom. The molecule has 2 aromatic carbocycles. The fourth-order valence-electron chi connectivity index (χ4n) is 2.53. The summed E-state index contributed by atoms with van der Waals surface area (Å²) in [6, 6.07) is 12.6. The van der Waals surface area contributed by atoms with E-state index in [1.165, 1.54) is 24.3 Å². The zero-order valence-electron chi connectivity index (χ0n) is 14.9. The summed E-state index contributed by atoms with van der Waals surface area (Å²) in [5, 5.41) is 5.57. The highest BCUT2D eigenvalue weighted by molar-refractivity contribution is 7.89. The Balaban J connectivity index is 1.67. The van der Waals surface area contributed by atoms with Crippen LogP contribution >= 0.6 is 0 Å². The van der Waals surface area contributed by atoms with E-state index in [1.54, 1.807) is 31.2 Å². The lowest BCUT2D eigenvalue weighted by Crippen LogP contribution is -2.23. The molecule has 1 saturated carbocycles. The number of anilines is 2. The first-order valence-corrected chi connectivity index (χ1v) is 10.2. The maximum absolute atomic E-state index is 12.4. The van der Waals surface area contributed by atoms with Gasteiger partial charge in [0.05, 0.1) is 4.90 Å². The summed E-state index contributed by atoms with van der Waals surface area (Å²) in [4.78, 5) is 24.3. The van der Waals surface area contributed by atoms with Crippen molar-refractivity contribution >= 4 is 33.2 Å². The second-order valence-electron chi connectivity index (χ2n) is 6.32. The van der Waals surface area contributed by atoms with Crippen LogP contribution in [0.5, 0.6) is 0 Å². The summed E-state index contributed by atoms with van der Waals surface area (Å²) in [6.07, 6.45) is 1.84. The van der Waals surface area contributed by atoms with Crippen molar-refractivity contribution in [3.63, 3.8) is 0 Å². The Hall–Kier alpha value is -2.71. The Morgan fingerprint density at radius 2 is 1.63 bits per heavy atom. The molecule has 0 radical (unpaired) electrons. The molecule has 1 fully saturated rings. The number of sulfonamides is 1. The summed E-state index contributed by atoms with van der Waals surface area (Å²) in [5.41, 5.74) is 1.49. The van der Waals surface area contributed by atoms with E-state index in [2.05, 4.69) is 15.4 Å². The van der Waals surface area contributed by atoms with Gasteiger partial charge in [0.2, 0.25) is 15.9 Å². The second kappa shape index (κ2) is 7.89. The third-order valence-electron chi connectivity index (χ3n) is 4.10. The fraction of sp³-hybridized carbons (Fsp3) is 0.263. The van der Waals surface area contributed by atoms with Crippen LogP contribution in [-0.2, 0) is 14.8 Å². The number of rotatable bonds is 7. The van der Waals surface area contributed by atoms with Gasteiger partial charge in [-0.3, -0.25) is 9.59 Å². The normalized spacial score (nSPS) is 13.8. The first kappa shape index (κ1) is 19.1. The van der Waals surface area contributed by atoms with Crippen LogP contribution in [0.1, 0.15) is 30.1 Å². The lowest BCUT2D eigenvalue weighted by atomic mass is 10.2. The van der Waals surface area contributed by atoms with Gasteiger partial charge in [-0.25, -0.2) is 13.1 Å². The molecule has 7 nitrogen and oxygen atoms in total. The first-order chi connectivity index (χ1) is 12.9. The quantitative estimate of drug-likeness (QED) is 0.679. The SMILES string of the molecule is CCNS(=O)(=O)c1ccc(C(=O)Nc2cccc(NC(=O)C3CC3)c2)cc1. The highest BCUT2D eigenvalue weighted by Gasteiger charge is 2.29. The van der Waals surface area contributed by atoms with Crippen molar-refractivity contribution < 1.29 is 18.0 Å². The molecule has 0 saturated heterocycles. The maximum Gasteiger partial charge on any atom is 0.255 e. The Labute approximate surface area is 158 Å². The topological polar surface area (TPSA) is 104 Å². The lowest BCUT2D eigenvalue weighted by Gasteiger charge is -2.09. The largest absolute Gasteiger partial charge is 0.326 e. The average molecular weight is 387 g/mol. The molecule has 0 aliphatic heterocycles. The highest BCUT2D eigenvalue weighted by Crippen LogP contribution is 2.30. The summed E-state index contributed by atoms with van der Waals surface area (Å²) >= 11 is 0. The predicted octanol–water partition coefficient (Wildman–Crippen LogP) is 2.59. The molecule has 0 bridgehead atoms. The monoisotopic (exact) mass is 387 g/mol. The van der Waals surface area contributed by atoms with Crippen molar-refractivity contribution in [1.29, 1.82) is 0 Å². The van der Waals surface area contributed by atoms with Crippen molar-refractivity contribution in [3.8, 4) is 0 Å². The summed E-state index contributed by atoms with van der Waals surface area (Å²) in [6.45, 7) is 1.98. The van der Waals surface area contributed by atoms with Crippen molar-refractivity contribution in [3.05, 3.63) is 54.1 Å². The predicted molar refractivity (Wildman–Crippen MR) is 103 cm³/mol. The van der Waals surface area contributed by atoms with E-state index < -0.39 is 10.0 Å². The Bertz CT molecular complexity index is 951. The number of carbonyl (C=O) groups is 2. The van der Waals surface area contributed by atoms with Gasteiger partial charge in [-0.2, -0.15) is 0 Å². The van der Waals surface area contributed by atoms with Gasteiger partial charge in [0.1, 0.15) is 0 Å². The second-order valence-corrected chi connectivity index (χ2v) is 8.09. The third kappa shape index (κ3) is 4.93. The van der Waals surface area contributed by atoms with Crippen molar-refractivity contribution in [2.45, 2.75) is 24.7 Å². The van der Waals surface area contributed by atoms with E-state index in [1.807, 2.05) is 0 Å². The molecule has 142 valence electrons. The maximum atomic E-state index is 12.4. The molecule has 1 aliphatic rings. The van der Waals surface area contributed by atoms with Crippen LogP contribution in [0.4, 0.5) is 11.4 Å². The first-order valence-electron chi connectivity index (χ1n) is 8.71. The van der Waals surface area contributed by atoms with Crippen LogP contribution in [-0.4, -0.2) is 26.8 Å². The molecule has 27 heavy (non-hydrogen) atoms. The molecule has 0 aromatic heterocycles. The van der Waals surface area contributed by atoms with Crippen LogP contribution in [0.2, 0.25) is 0 Å². The van der Waals surface area contributed by atoms with Crippen molar-refractivity contribution in [1.82, 2.24) is 4.72 Å². The standard InChI is InChI=1S/C19H21N3O4S/c1-2-20-27(25,26)17-10-8-14(9-11-17)19(24)22-16-5-3-4-15(12-16)21-18(23)13-6-7-13/h3-5,8-13,20H,2,6-7H2,1H3,(H,21,23)(H,22,24). The zero-order chi connectivity index (χ0) is 19.4. The number of nitrogens with one attached hydrogen (secondary N) is 3. The Morgan fingerprint density at radius 3 is 2.22 bits per heavy atom. The molecular formula is C19H21N3O4S. The minimum Gasteiger partial charge on any atom is -0.326 e. The number of carbonyl (C=O) groups excluding carboxylic acids is 2. The lowest BCUT2D eigenvalue weighted by molar-refractivity contribution is -0.117. The molecule has 2 aromatic rings. The van der Waals surface area contributed by atoms with Gasteiger partial charge < -0.3 is 10.6 Å². The van der Waals surface area contributed by atoms with Gasteiger partial charge in [0.15, 0.2) is 0 Å². The Kier molecular flexibility index (Phi) is 5.57. The molecular weight excluding hydrogens is 366 g/mol. The molecule has 0 spiro atoms. The smallest absolute Gasteiger partial charge is 0.255 e. The minimum atomic E-state index is -3.55. The third-order valence-corrected chi connectivity index (χ3v) is 5.66. The molecule has 0 atom stereocenters. The van der Waals surface area contributed by atoms with Gasteiger partial charge in [0.25, 0.3) is 5.91 Å². The summed E-state index contributed by atoms with van der Waals surface area (Å²) < 4.78 is 26.3. The van der Waals surface area contributed by atoms with Crippen LogP contribution in [0.3, 0.4) is 0 Å². The summed E-state index contributed by atoms with van der Waals surface area (Å²) in [5.74, 6) is -0.274. The van der Waals surface area contributed by atoms with E-state index in [4.69, 9.17) is 0 Å². The molecule has 3 rings (SSSR count). The molecule has 1 aliphatic carbocycles. The molecule has 0 heterocycles. The molecule has 3 N–H and O–H groups in total. The minimum absolute atomic E-state index is 0.00374. The number of benzene rings is 2. The number of hydrogen-bond donors (Lipinski definition) is 3.